The van der Waals surface area contributed by atoms with Crippen LogP contribution in [0.25, 0.3) is 0 Å². The molecule has 0 aromatic rings. The molecule has 0 fully saturated rings. The van der Waals surface area contributed by atoms with Gasteiger partial charge in [-0.3, -0.25) is 4.79 Å². The average Bonchev–Trinajstić information content (AvgIpc) is 2.02. The van der Waals surface area contributed by atoms with Crippen molar-refractivity contribution in [3.63, 3.8) is 0 Å². The molecular weight excluding hydrogens is 218 g/mol. The van der Waals surface area contributed by atoms with E-state index in [-0.39, 0.29) is 17.4 Å². The third-order valence-corrected chi connectivity index (χ3v) is 3.26. The lowest BCUT2D eigenvalue weighted by molar-refractivity contribution is -0.125. The number of amides is 1. The fourth-order valence-electron chi connectivity index (χ4n) is 0.676. The van der Waals surface area contributed by atoms with E-state index in [4.69, 9.17) is 0 Å². The van der Waals surface area contributed by atoms with Crippen LogP contribution in [0.15, 0.2) is 0 Å². The van der Waals surface area contributed by atoms with Gasteiger partial charge in [0.1, 0.15) is 0 Å². The summed E-state index contributed by atoms with van der Waals surface area (Å²) >= 11 is 3.36. The van der Waals surface area contributed by atoms with Crippen molar-refractivity contribution in [1.29, 1.82) is 0 Å². The lowest BCUT2D eigenvalue weighted by Crippen LogP contribution is -2.46. The molecular formula is C9H18BrNO. The second-order valence-corrected chi connectivity index (χ2v) is 4.38. The first-order valence-electron chi connectivity index (χ1n) is 4.31. The molecule has 1 atom stereocenters. The first-order valence-corrected chi connectivity index (χ1v) is 5.43. The molecule has 0 aliphatic rings. The maximum atomic E-state index is 11.4. The third-order valence-electron chi connectivity index (χ3n) is 1.86. The number of hydrogen-bond acceptors (Lipinski definition) is 1. The van der Waals surface area contributed by atoms with Gasteiger partial charge in [0.2, 0.25) is 5.91 Å². The standard InChI is InChI=1S/C9H18BrNO/c1-5-7(2)8(12)11-9(3,4)6-10/h7H,5-6H2,1-4H3,(H,11,12). The normalized spacial score (nSPS) is 14.1. The van der Waals surface area contributed by atoms with E-state index in [1.54, 1.807) is 0 Å². The van der Waals surface area contributed by atoms with Crippen molar-refractivity contribution < 1.29 is 4.79 Å². The Balaban J connectivity index is 4.00. The van der Waals surface area contributed by atoms with E-state index in [2.05, 4.69) is 21.2 Å². The highest BCUT2D eigenvalue weighted by Crippen LogP contribution is 2.09. The number of halogens is 1. The van der Waals surface area contributed by atoms with Gasteiger partial charge in [-0.15, -0.1) is 0 Å². The van der Waals surface area contributed by atoms with Gasteiger partial charge in [-0.05, 0) is 20.3 Å². The molecule has 0 saturated heterocycles. The van der Waals surface area contributed by atoms with E-state index in [1.807, 2.05) is 27.7 Å². The van der Waals surface area contributed by atoms with Crippen LogP contribution in [0.3, 0.4) is 0 Å². The molecule has 1 N–H and O–H groups in total. The second-order valence-electron chi connectivity index (χ2n) is 3.82. The minimum absolute atomic E-state index is 0.114. The van der Waals surface area contributed by atoms with Gasteiger partial charge in [0.25, 0.3) is 0 Å². The van der Waals surface area contributed by atoms with Gasteiger partial charge in [0.05, 0.1) is 0 Å². The zero-order valence-corrected chi connectivity index (χ0v) is 9.86. The van der Waals surface area contributed by atoms with E-state index < -0.39 is 0 Å². The molecule has 0 aliphatic heterocycles. The summed E-state index contributed by atoms with van der Waals surface area (Å²) in [6, 6.07) is 0. The van der Waals surface area contributed by atoms with Gasteiger partial charge >= 0.3 is 0 Å². The first-order chi connectivity index (χ1) is 5.43. The van der Waals surface area contributed by atoms with E-state index in [0.717, 1.165) is 11.8 Å². The summed E-state index contributed by atoms with van der Waals surface area (Å²) < 4.78 is 0. The molecule has 1 amide bonds. The quantitative estimate of drug-likeness (QED) is 0.745. The molecule has 0 spiro atoms. The van der Waals surface area contributed by atoms with Crippen molar-refractivity contribution in [2.24, 2.45) is 5.92 Å². The predicted octanol–water partition coefficient (Wildman–Crippen LogP) is 2.32. The summed E-state index contributed by atoms with van der Waals surface area (Å²) in [7, 11) is 0. The van der Waals surface area contributed by atoms with Gasteiger partial charge < -0.3 is 5.32 Å². The highest BCUT2D eigenvalue weighted by Gasteiger charge is 2.21. The van der Waals surface area contributed by atoms with Gasteiger partial charge in [0, 0.05) is 16.8 Å². The Morgan fingerprint density at radius 3 is 2.42 bits per heavy atom. The monoisotopic (exact) mass is 235 g/mol. The molecule has 72 valence electrons. The van der Waals surface area contributed by atoms with Crippen molar-refractivity contribution in [3.05, 3.63) is 0 Å². The Hall–Kier alpha value is -0.0500. The van der Waals surface area contributed by atoms with Gasteiger partial charge in [-0.1, -0.05) is 29.8 Å². The molecule has 1 unspecified atom stereocenters. The predicted molar refractivity (Wildman–Crippen MR) is 55.5 cm³/mol. The van der Waals surface area contributed by atoms with Crippen molar-refractivity contribution in [2.45, 2.75) is 39.7 Å². The van der Waals surface area contributed by atoms with Crippen molar-refractivity contribution in [1.82, 2.24) is 5.32 Å². The lowest BCUT2D eigenvalue weighted by atomic mass is 10.0. The van der Waals surface area contributed by atoms with Crippen LogP contribution in [0.4, 0.5) is 0 Å². The Labute approximate surface area is 83.2 Å². The number of rotatable bonds is 4. The molecule has 0 aromatic carbocycles. The van der Waals surface area contributed by atoms with Crippen LogP contribution in [0.1, 0.15) is 34.1 Å². The molecule has 0 bridgehead atoms. The topological polar surface area (TPSA) is 29.1 Å². The van der Waals surface area contributed by atoms with Crippen molar-refractivity contribution in [2.75, 3.05) is 5.33 Å². The molecule has 2 nitrogen and oxygen atoms in total. The molecule has 0 heterocycles. The molecule has 0 rings (SSSR count). The third kappa shape index (κ3) is 4.10. The number of hydrogen-bond donors (Lipinski definition) is 1. The van der Waals surface area contributed by atoms with E-state index in [0.29, 0.717) is 0 Å². The van der Waals surface area contributed by atoms with Crippen LogP contribution in [-0.4, -0.2) is 16.8 Å². The van der Waals surface area contributed by atoms with Crippen LogP contribution >= 0.6 is 15.9 Å². The molecule has 0 aromatic heterocycles. The molecule has 0 saturated carbocycles. The van der Waals surface area contributed by atoms with Crippen molar-refractivity contribution in [3.8, 4) is 0 Å². The van der Waals surface area contributed by atoms with Gasteiger partial charge in [-0.25, -0.2) is 0 Å². The summed E-state index contributed by atoms with van der Waals surface area (Å²) in [4.78, 5) is 11.4. The van der Waals surface area contributed by atoms with E-state index in [1.165, 1.54) is 0 Å². The summed E-state index contributed by atoms with van der Waals surface area (Å²) in [5.41, 5.74) is -0.138. The Morgan fingerprint density at radius 2 is 2.08 bits per heavy atom. The maximum Gasteiger partial charge on any atom is 0.223 e. The Morgan fingerprint density at radius 1 is 1.58 bits per heavy atom. The van der Waals surface area contributed by atoms with Crippen LogP contribution in [0.2, 0.25) is 0 Å². The second kappa shape index (κ2) is 4.85. The zero-order valence-electron chi connectivity index (χ0n) is 8.28. The fraction of sp³-hybridized carbons (Fsp3) is 0.889. The summed E-state index contributed by atoms with van der Waals surface area (Å²) in [6.07, 6.45) is 0.893. The smallest absolute Gasteiger partial charge is 0.223 e. The lowest BCUT2D eigenvalue weighted by Gasteiger charge is -2.25. The van der Waals surface area contributed by atoms with E-state index >= 15 is 0 Å². The van der Waals surface area contributed by atoms with Crippen LogP contribution < -0.4 is 5.32 Å². The van der Waals surface area contributed by atoms with Crippen molar-refractivity contribution >= 4 is 21.8 Å². The maximum absolute atomic E-state index is 11.4. The summed E-state index contributed by atoms with van der Waals surface area (Å²) in [5, 5.41) is 3.75. The van der Waals surface area contributed by atoms with Crippen LogP contribution in [-0.2, 0) is 4.79 Å². The first kappa shape index (κ1) is 11.9. The van der Waals surface area contributed by atoms with Gasteiger partial charge in [0.15, 0.2) is 0 Å². The highest BCUT2D eigenvalue weighted by molar-refractivity contribution is 9.09. The van der Waals surface area contributed by atoms with Gasteiger partial charge in [-0.2, -0.15) is 0 Å². The minimum atomic E-state index is -0.138. The number of carbonyl (C=O) groups is 1. The van der Waals surface area contributed by atoms with Crippen LogP contribution in [0, 0.1) is 5.92 Å². The molecule has 0 aliphatic carbocycles. The molecule has 12 heavy (non-hydrogen) atoms. The highest BCUT2D eigenvalue weighted by atomic mass is 79.9. The number of nitrogens with one attached hydrogen (secondary N) is 1. The molecule has 3 heteroatoms. The Bertz CT molecular complexity index is 157. The Kier molecular flexibility index (Phi) is 4.83. The number of alkyl halides is 1. The average molecular weight is 236 g/mol. The zero-order chi connectivity index (χ0) is 9.78. The fourth-order valence-corrected chi connectivity index (χ4v) is 0.816. The van der Waals surface area contributed by atoms with E-state index in [9.17, 15) is 4.79 Å². The SMILES string of the molecule is CCC(C)C(=O)NC(C)(C)CBr. The summed E-state index contributed by atoms with van der Waals surface area (Å²) in [5.74, 6) is 0.255. The number of carbonyl (C=O) groups excluding carboxylic acids is 1. The molecule has 0 radical (unpaired) electrons. The van der Waals surface area contributed by atoms with Crippen LogP contribution in [0.5, 0.6) is 0 Å². The largest absolute Gasteiger partial charge is 0.350 e. The minimum Gasteiger partial charge on any atom is -0.350 e. The summed E-state index contributed by atoms with van der Waals surface area (Å²) in [6.45, 7) is 7.97.